The van der Waals surface area contributed by atoms with Gasteiger partial charge in [-0.15, -0.1) is 0 Å². The number of rotatable bonds is 12. The molecule has 0 bridgehead atoms. The smallest absolute Gasteiger partial charge is 0.455 e. The first-order valence-electron chi connectivity index (χ1n) is 35.8. The molecule has 0 atom stereocenters. The van der Waals surface area contributed by atoms with E-state index < -0.39 is 32.3 Å². The summed E-state index contributed by atoms with van der Waals surface area (Å²) in [6, 6.07) is 102. The minimum absolute atomic E-state index is 0. The van der Waals surface area contributed by atoms with Gasteiger partial charge < -0.3 is 46.6 Å². The SMILES string of the molecule is Brc1ccc(N(c2ccc(-c3ccccc3)cc2)c2ccc(-c3cccc4c3oc3ccccc34)cc2)cc1.C.C.CC1(C)OB(B2OC(C)(C)C(C)(C)O2)OC1(C)C.CC1(C)OB(c2ccc(N(c3ccc(-c4ccccc4)cc3)c3ccc(-c4cccc5c4oc4ccccc45)cc3)cc2)OC1(C)C. The summed E-state index contributed by atoms with van der Waals surface area (Å²) in [6.45, 7) is 24.5. The lowest BCUT2D eigenvalue weighted by molar-refractivity contribution is 0.00578. The van der Waals surface area contributed by atoms with Gasteiger partial charge in [0.15, 0.2) is 0 Å². The van der Waals surface area contributed by atoms with E-state index in [2.05, 4.69) is 308 Å². The third-order valence-electron chi connectivity index (χ3n) is 21.7. The van der Waals surface area contributed by atoms with Crippen molar-refractivity contribution in [3.05, 3.63) is 296 Å². The predicted molar refractivity (Wildman–Crippen MR) is 448 cm³/mol. The highest BCUT2D eigenvalue weighted by molar-refractivity contribution is 9.10. The van der Waals surface area contributed by atoms with E-state index in [-0.39, 0.29) is 37.3 Å². The van der Waals surface area contributed by atoms with Crippen LogP contribution in [0.15, 0.2) is 304 Å². The highest BCUT2D eigenvalue weighted by atomic mass is 79.9. The van der Waals surface area contributed by atoms with Crippen LogP contribution in [0.4, 0.5) is 34.1 Å². The molecular formula is C92H92B3BrN2O8. The van der Waals surface area contributed by atoms with Gasteiger partial charge in [0.1, 0.15) is 22.3 Å². The van der Waals surface area contributed by atoms with E-state index in [0.717, 1.165) is 110 Å². The van der Waals surface area contributed by atoms with Crippen LogP contribution in [0.2, 0.25) is 0 Å². The average Bonchev–Trinajstić information content (AvgIpc) is 1.59. The summed E-state index contributed by atoms with van der Waals surface area (Å²) in [5, 5.41) is 4.55. The molecule has 3 fully saturated rings. The van der Waals surface area contributed by atoms with Gasteiger partial charge >= 0.3 is 21.1 Å². The monoisotopic (exact) mass is 1460 g/mol. The summed E-state index contributed by atoms with van der Waals surface area (Å²) in [4.78, 5) is 4.57. The van der Waals surface area contributed by atoms with E-state index in [9.17, 15) is 0 Å². The van der Waals surface area contributed by atoms with E-state index in [1.54, 1.807) is 0 Å². The van der Waals surface area contributed by atoms with Crippen LogP contribution in [0, 0.1) is 0 Å². The van der Waals surface area contributed by atoms with Gasteiger partial charge in [0.05, 0.1) is 33.6 Å². The Morgan fingerprint density at radius 1 is 0.255 bits per heavy atom. The highest BCUT2D eigenvalue weighted by Gasteiger charge is 2.64. The van der Waals surface area contributed by atoms with E-state index >= 15 is 0 Å². The molecule has 12 aromatic carbocycles. The second kappa shape index (κ2) is 29.6. The molecule has 14 aromatic rings. The summed E-state index contributed by atoms with van der Waals surface area (Å²) in [7, 11) is -1.36. The van der Waals surface area contributed by atoms with E-state index in [0.29, 0.717) is 0 Å². The van der Waals surface area contributed by atoms with Crippen LogP contribution in [0.5, 0.6) is 0 Å². The van der Waals surface area contributed by atoms with Crippen molar-refractivity contribution in [1.29, 1.82) is 0 Å². The Hall–Kier alpha value is -9.73. The van der Waals surface area contributed by atoms with E-state index in [1.165, 1.54) is 22.3 Å². The molecule has 3 aliphatic rings. The van der Waals surface area contributed by atoms with E-state index in [4.69, 9.17) is 36.8 Å². The first-order valence-corrected chi connectivity index (χ1v) is 36.5. The molecule has 5 heterocycles. The zero-order valence-corrected chi connectivity index (χ0v) is 62.6. The summed E-state index contributed by atoms with van der Waals surface area (Å²) in [6.07, 6.45) is 0. The molecule has 3 aliphatic heterocycles. The Balaban J connectivity index is 0.000000152. The van der Waals surface area contributed by atoms with Crippen LogP contribution in [-0.2, 0) is 27.9 Å². The number of nitrogens with zero attached hydrogens (tertiary/aromatic N) is 2. The molecule has 0 radical (unpaired) electrons. The first-order chi connectivity index (χ1) is 49.9. The van der Waals surface area contributed by atoms with Crippen molar-refractivity contribution in [2.75, 3.05) is 9.80 Å². The van der Waals surface area contributed by atoms with Gasteiger partial charge in [-0.1, -0.05) is 225 Å². The first kappa shape index (κ1) is 74.5. The second-order valence-corrected chi connectivity index (χ2v) is 31.0. The fourth-order valence-corrected chi connectivity index (χ4v) is 13.9. The normalized spacial score (nSPS) is 16.4. The second-order valence-electron chi connectivity index (χ2n) is 30.1. The molecule has 0 spiro atoms. The molecule has 0 N–H and O–H groups in total. The van der Waals surface area contributed by atoms with Crippen LogP contribution in [0.1, 0.15) is 97.9 Å². The van der Waals surface area contributed by atoms with Gasteiger partial charge in [-0.05, 0) is 219 Å². The molecule has 534 valence electrons. The maximum Gasteiger partial charge on any atom is 0.494 e. The summed E-state index contributed by atoms with van der Waals surface area (Å²) in [5.74, 6) is 0. The Kier molecular flexibility index (Phi) is 20.8. The summed E-state index contributed by atoms with van der Waals surface area (Å²) < 4.78 is 50.2. The van der Waals surface area contributed by atoms with Gasteiger partial charge in [-0.3, -0.25) is 0 Å². The minimum Gasteiger partial charge on any atom is -0.455 e. The minimum atomic E-state index is -0.476. The van der Waals surface area contributed by atoms with Gasteiger partial charge in [-0.25, -0.2) is 0 Å². The van der Waals surface area contributed by atoms with Gasteiger partial charge in [-0.2, -0.15) is 0 Å². The van der Waals surface area contributed by atoms with Gasteiger partial charge in [0.2, 0.25) is 0 Å². The maximum absolute atomic E-state index is 6.35. The highest BCUT2D eigenvalue weighted by Crippen LogP contribution is 2.46. The van der Waals surface area contributed by atoms with Crippen molar-refractivity contribution in [3.8, 4) is 44.5 Å². The number of fused-ring (bicyclic) bond motifs is 6. The fourth-order valence-electron chi connectivity index (χ4n) is 13.6. The van der Waals surface area contributed by atoms with Crippen LogP contribution in [0.3, 0.4) is 0 Å². The lowest BCUT2D eigenvalue weighted by Gasteiger charge is -2.32. The predicted octanol–water partition coefficient (Wildman–Crippen LogP) is 25.4. The Labute approximate surface area is 634 Å². The van der Waals surface area contributed by atoms with Crippen molar-refractivity contribution in [1.82, 2.24) is 0 Å². The molecule has 106 heavy (non-hydrogen) atoms. The van der Waals surface area contributed by atoms with Crippen molar-refractivity contribution in [2.24, 2.45) is 0 Å². The number of hydrogen-bond donors (Lipinski definition) is 0. The quantitative estimate of drug-likeness (QED) is 0.110. The third-order valence-corrected chi connectivity index (χ3v) is 22.2. The molecule has 0 unspecified atom stereocenters. The van der Waals surface area contributed by atoms with E-state index in [1.807, 2.05) is 91.8 Å². The van der Waals surface area contributed by atoms with Crippen LogP contribution >= 0.6 is 15.9 Å². The molecule has 2 aromatic heterocycles. The van der Waals surface area contributed by atoms with Crippen LogP contribution in [0.25, 0.3) is 88.4 Å². The average molecular weight is 1470 g/mol. The lowest BCUT2D eigenvalue weighted by atomic mass is 9.49. The molecule has 0 aliphatic carbocycles. The maximum atomic E-state index is 6.35. The van der Waals surface area contributed by atoms with Crippen molar-refractivity contribution in [3.63, 3.8) is 0 Å². The number of benzene rings is 12. The lowest BCUT2D eigenvalue weighted by Crippen LogP contribution is -2.41. The Bertz CT molecular complexity index is 5280. The third kappa shape index (κ3) is 14.6. The molecule has 14 heteroatoms. The van der Waals surface area contributed by atoms with Gasteiger partial charge in [0, 0.05) is 71.3 Å². The summed E-state index contributed by atoms with van der Waals surface area (Å²) in [5.41, 5.74) is 18.1. The number of furan rings is 2. The molecule has 0 saturated carbocycles. The largest absolute Gasteiger partial charge is 0.494 e. The van der Waals surface area contributed by atoms with Gasteiger partial charge in [0.25, 0.3) is 0 Å². The Morgan fingerprint density at radius 2 is 0.519 bits per heavy atom. The zero-order chi connectivity index (χ0) is 72.3. The van der Waals surface area contributed by atoms with Crippen LogP contribution < -0.4 is 15.3 Å². The zero-order valence-electron chi connectivity index (χ0n) is 61.0. The molecule has 17 rings (SSSR count). The van der Waals surface area contributed by atoms with Crippen molar-refractivity contribution < 1.29 is 36.8 Å². The number of anilines is 6. The Morgan fingerprint density at radius 3 is 0.858 bits per heavy atom. The van der Waals surface area contributed by atoms with Crippen molar-refractivity contribution in [2.45, 2.75) is 132 Å². The molecule has 0 amide bonds. The fraction of sp³-hybridized carbons (Fsp3) is 0.217. The number of hydrogen-bond acceptors (Lipinski definition) is 10. The number of para-hydroxylation sites is 4. The molecule has 3 saturated heterocycles. The topological polar surface area (TPSA) is 88.1 Å². The standard InChI is InChI=1S/C42H36BNO3.C36H24BrNO.C12H24B2O4.2CH4/c1-41(2)42(3,4)47-43(46-41)32-21-27-35(28-22-32)44(33-23-17-30(18-24-33)29-11-6-5-7-12-29)34-25-19-31(20-26-34)36-14-10-15-38-37-13-8-9-16-39(37)45-40(36)38;37-28-17-23-31(24-18-28)38(29-19-13-26(14-20-29)25-7-2-1-3-8-25)30-21-15-27(16-22-30)32-10-6-11-34-33-9-4-5-12-35(33)39-36(32)34;1-9(2)10(3,4)16-13(15-9)14-17-11(5,6)12(7,8)18-14;;/h5-28H,1-4H3;1-24H;1-8H3;2*1H4. The molecular weight excluding hydrogens is 1370 g/mol. The van der Waals surface area contributed by atoms with Crippen molar-refractivity contribution >= 4 is 121 Å². The number of halogens is 1. The summed E-state index contributed by atoms with van der Waals surface area (Å²) >= 11 is 3.58. The molecule has 10 nitrogen and oxygen atoms in total. The van der Waals surface area contributed by atoms with Crippen LogP contribution in [-0.4, -0.2) is 54.7 Å².